The lowest BCUT2D eigenvalue weighted by molar-refractivity contribution is 0.0642. The second-order valence-electron chi connectivity index (χ2n) is 4.97. The second-order valence-corrected chi connectivity index (χ2v) is 5.41. The van der Waals surface area contributed by atoms with E-state index in [2.05, 4.69) is 4.98 Å². The first-order valence-electron chi connectivity index (χ1n) is 7.03. The molecule has 2 N–H and O–H groups in total. The quantitative estimate of drug-likeness (QED) is 0.720. The summed E-state index contributed by atoms with van der Waals surface area (Å²) >= 11 is 5.81. The third-order valence-corrected chi connectivity index (χ3v) is 3.59. The van der Waals surface area contributed by atoms with E-state index in [0.29, 0.717) is 22.2 Å². The van der Waals surface area contributed by atoms with Gasteiger partial charge < -0.3 is 14.9 Å². The number of imidazole rings is 1. The number of carboxylic acids is 2. The molecule has 0 unspecified atom stereocenters. The smallest absolute Gasteiger partial charge is 0.357 e. The van der Waals surface area contributed by atoms with Gasteiger partial charge >= 0.3 is 11.9 Å². The maximum absolute atomic E-state index is 11.4. The Morgan fingerprint density at radius 2 is 1.48 bits per heavy atom. The van der Waals surface area contributed by atoms with Crippen molar-refractivity contribution in [3.63, 3.8) is 0 Å². The van der Waals surface area contributed by atoms with E-state index < -0.39 is 23.3 Å². The molecule has 8 heteroatoms. The molecular formula is C17H11ClN2O5. The normalized spacial score (nSPS) is 10.4. The average Bonchev–Trinajstić information content (AvgIpc) is 3.03. The molecule has 3 rings (SSSR count). The van der Waals surface area contributed by atoms with E-state index >= 15 is 0 Å². The van der Waals surface area contributed by atoms with Crippen molar-refractivity contribution in [2.45, 2.75) is 0 Å². The molecule has 0 aliphatic carbocycles. The molecule has 0 fully saturated rings. The molecule has 1 heterocycles. The van der Waals surface area contributed by atoms with Gasteiger partial charge in [-0.1, -0.05) is 11.6 Å². The van der Waals surface area contributed by atoms with Gasteiger partial charge in [0.05, 0.1) is 0 Å². The van der Waals surface area contributed by atoms with Crippen molar-refractivity contribution in [1.29, 1.82) is 0 Å². The summed E-state index contributed by atoms with van der Waals surface area (Å²) in [5.41, 5.74) is -0.492. The molecule has 2 aromatic carbocycles. The van der Waals surface area contributed by atoms with Crippen molar-refractivity contribution in [1.82, 2.24) is 9.55 Å². The van der Waals surface area contributed by atoms with Crippen molar-refractivity contribution >= 4 is 23.5 Å². The lowest BCUT2D eigenvalue weighted by Gasteiger charge is -2.09. The van der Waals surface area contributed by atoms with Gasteiger partial charge in [0, 0.05) is 10.7 Å². The van der Waals surface area contributed by atoms with Crippen LogP contribution in [0.15, 0.2) is 54.9 Å². The lowest BCUT2D eigenvalue weighted by Crippen LogP contribution is -2.11. The van der Waals surface area contributed by atoms with Crippen LogP contribution in [0.2, 0.25) is 5.02 Å². The van der Waals surface area contributed by atoms with Gasteiger partial charge in [0.25, 0.3) is 0 Å². The number of nitrogens with zero attached hydrogens (tertiary/aromatic N) is 2. The predicted molar refractivity (Wildman–Crippen MR) is 89.0 cm³/mol. The Morgan fingerprint density at radius 3 is 2.00 bits per heavy atom. The van der Waals surface area contributed by atoms with Crippen LogP contribution in [0.3, 0.4) is 0 Å². The maximum Gasteiger partial charge on any atom is 0.357 e. The van der Waals surface area contributed by atoms with Crippen LogP contribution in [0.25, 0.3) is 5.69 Å². The predicted octanol–water partition coefficient (Wildman–Crippen LogP) is 3.71. The third-order valence-electron chi connectivity index (χ3n) is 3.34. The van der Waals surface area contributed by atoms with Crippen LogP contribution < -0.4 is 4.74 Å². The monoisotopic (exact) mass is 358 g/mol. The number of aromatic nitrogens is 2. The molecule has 0 spiro atoms. The Bertz CT molecular complexity index is 933. The van der Waals surface area contributed by atoms with Crippen LogP contribution >= 0.6 is 11.6 Å². The Hall–Kier alpha value is -3.32. The van der Waals surface area contributed by atoms with Gasteiger partial charge in [-0.3, -0.25) is 4.57 Å². The molecule has 0 atom stereocenters. The van der Waals surface area contributed by atoms with E-state index in [9.17, 15) is 14.7 Å². The molecule has 0 saturated carbocycles. The highest BCUT2D eigenvalue weighted by atomic mass is 35.5. The van der Waals surface area contributed by atoms with Crippen LogP contribution in [0.1, 0.15) is 21.0 Å². The first kappa shape index (κ1) is 16.5. The van der Waals surface area contributed by atoms with Gasteiger partial charge in [-0.05, 0) is 48.5 Å². The highest BCUT2D eigenvalue weighted by Crippen LogP contribution is 2.25. The van der Waals surface area contributed by atoms with E-state index in [4.69, 9.17) is 21.4 Å². The SMILES string of the molecule is O=C(O)c1ncn(-c2ccc(Oc3ccc(Cl)cc3)cc2)c1C(=O)O. The zero-order valence-corrected chi connectivity index (χ0v) is 13.3. The van der Waals surface area contributed by atoms with E-state index in [-0.39, 0.29) is 0 Å². The largest absolute Gasteiger partial charge is 0.476 e. The van der Waals surface area contributed by atoms with E-state index in [1.807, 2.05) is 0 Å². The number of carboxylic acid groups (broad SMARTS) is 2. The van der Waals surface area contributed by atoms with E-state index in [0.717, 1.165) is 6.33 Å². The molecule has 0 radical (unpaired) electrons. The summed E-state index contributed by atoms with van der Waals surface area (Å²) in [6.07, 6.45) is 1.15. The minimum atomic E-state index is -1.40. The molecule has 126 valence electrons. The van der Waals surface area contributed by atoms with E-state index in [1.165, 1.54) is 4.57 Å². The van der Waals surface area contributed by atoms with Crippen LogP contribution in [-0.4, -0.2) is 31.7 Å². The number of ether oxygens (including phenoxy) is 1. The molecule has 3 aromatic rings. The van der Waals surface area contributed by atoms with Crippen molar-refractivity contribution in [3.8, 4) is 17.2 Å². The standard InChI is InChI=1S/C17H11ClN2O5/c18-10-1-5-12(6-2-10)25-13-7-3-11(4-8-13)20-9-19-14(16(21)22)15(20)17(23)24/h1-9H,(H,21,22)(H,23,24). The number of hydrogen-bond acceptors (Lipinski definition) is 4. The van der Waals surface area contributed by atoms with Crippen molar-refractivity contribution < 1.29 is 24.5 Å². The van der Waals surface area contributed by atoms with Crippen LogP contribution in [0, 0.1) is 0 Å². The number of hydrogen-bond donors (Lipinski definition) is 2. The highest BCUT2D eigenvalue weighted by molar-refractivity contribution is 6.30. The molecule has 1 aromatic heterocycles. The maximum atomic E-state index is 11.4. The fourth-order valence-corrected chi connectivity index (χ4v) is 2.34. The van der Waals surface area contributed by atoms with Crippen LogP contribution in [-0.2, 0) is 0 Å². The summed E-state index contributed by atoms with van der Waals surface area (Å²) in [7, 11) is 0. The molecule has 25 heavy (non-hydrogen) atoms. The summed E-state index contributed by atoms with van der Waals surface area (Å²) in [6.45, 7) is 0. The summed E-state index contributed by atoms with van der Waals surface area (Å²) in [4.78, 5) is 26.1. The number of aromatic carboxylic acids is 2. The third kappa shape index (κ3) is 3.46. The summed E-state index contributed by atoms with van der Waals surface area (Å²) in [5.74, 6) is -1.66. The van der Waals surface area contributed by atoms with Crippen molar-refractivity contribution in [2.75, 3.05) is 0 Å². The Morgan fingerprint density at radius 1 is 0.920 bits per heavy atom. The molecule has 0 aliphatic heterocycles. The van der Waals surface area contributed by atoms with Crippen LogP contribution in [0.4, 0.5) is 0 Å². The van der Waals surface area contributed by atoms with E-state index in [1.54, 1.807) is 48.5 Å². The summed E-state index contributed by atoms with van der Waals surface area (Å²) < 4.78 is 6.84. The molecule has 7 nitrogen and oxygen atoms in total. The molecule has 0 bridgehead atoms. The summed E-state index contributed by atoms with van der Waals surface area (Å²) in [5, 5.41) is 18.9. The molecular weight excluding hydrogens is 348 g/mol. The van der Waals surface area contributed by atoms with Gasteiger partial charge in [-0.25, -0.2) is 14.6 Å². The summed E-state index contributed by atoms with van der Waals surface area (Å²) in [6, 6.07) is 13.3. The molecule has 0 amide bonds. The lowest BCUT2D eigenvalue weighted by atomic mass is 10.2. The Kier molecular flexibility index (Phi) is 4.40. The fraction of sp³-hybridized carbons (Fsp3) is 0. The highest BCUT2D eigenvalue weighted by Gasteiger charge is 2.23. The van der Waals surface area contributed by atoms with Gasteiger partial charge in [0.15, 0.2) is 11.4 Å². The van der Waals surface area contributed by atoms with Crippen molar-refractivity contribution in [3.05, 3.63) is 71.3 Å². The fourth-order valence-electron chi connectivity index (χ4n) is 2.22. The number of benzene rings is 2. The first-order chi connectivity index (χ1) is 12.0. The first-order valence-corrected chi connectivity index (χ1v) is 7.41. The van der Waals surface area contributed by atoms with Crippen molar-refractivity contribution in [2.24, 2.45) is 0 Å². The topological polar surface area (TPSA) is 102 Å². The van der Waals surface area contributed by atoms with Crippen LogP contribution in [0.5, 0.6) is 11.5 Å². The Labute approximate surface area is 146 Å². The number of rotatable bonds is 5. The van der Waals surface area contributed by atoms with Gasteiger partial charge in [0.1, 0.15) is 17.8 Å². The van der Waals surface area contributed by atoms with Gasteiger partial charge in [0.2, 0.25) is 0 Å². The number of halogens is 1. The molecule has 0 aliphatic rings. The minimum absolute atomic E-state index is 0.418. The average molecular weight is 359 g/mol. The zero-order chi connectivity index (χ0) is 18.0. The molecule has 0 saturated heterocycles. The Balaban J connectivity index is 1.89. The van der Waals surface area contributed by atoms with Gasteiger partial charge in [-0.15, -0.1) is 0 Å². The van der Waals surface area contributed by atoms with Gasteiger partial charge in [-0.2, -0.15) is 0 Å². The minimum Gasteiger partial charge on any atom is -0.476 e. The zero-order valence-electron chi connectivity index (χ0n) is 12.6. The number of carbonyl (C=O) groups is 2. The second kappa shape index (κ2) is 6.66.